The monoisotopic (exact) mass is 496 g/mol. The van der Waals surface area contributed by atoms with Gasteiger partial charge in [0.1, 0.15) is 0 Å². The molecule has 0 aromatic heterocycles. The van der Waals surface area contributed by atoms with E-state index in [0.717, 1.165) is 10.5 Å². The molecule has 1 N–H and O–H groups in total. The van der Waals surface area contributed by atoms with Crippen molar-refractivity contribution in [3.8, 4) is 0 Å². The van der Waals surface area contributed by atoms with Crippen molar-refractivity contribution in [3.05, 3.63) is 95.1 Å². The smallest absolute Gasteiger partial charge is 0.338 e. The van der Waals surface area contributed by atoms with Crippen LogP contribution in [0.15, 0.2) is 77.7 Å². The maximum Gasteiger partial charge on any atom is 0.338 e. The summed E-state index contributed by atoms with van der Waals surface area (Å²) in [5.74, 6) is -5.26. The molecule has 4 rings (SSSR count). The van der Waals surface area contributed by atoms with Crippen molar-refractivity contribution in [1.82, 2.24) is 4.90 Å². The van der Waals surface area contributed by atoms with Crippen molar-refractivity contribution in [1.29, 1.82) is 0 Å². The Balaban J connectivity index is 1.39. The molecule has 1 aliphatic heterocycles. The van der Waals surface area contributed by atoms with E-state index in [1.807, 2.05) is 6.07 Å². The first-order chi connectivity index (χ1) is 16.8. The van der Waals surface area contributed by atoms with Gasteiger partial charge in [-0.3, -0.25) is 19.3 Å². The molecule has 0 spiro atoms. The lowest BCUT2D eigenvalue weighted by molar-refractivity contribution is -0.119. The maximum atomic E-state index is 12.8. The van der Waals surface area contributed by atoms with E-state index in [4.69, 9.17) is 4.74 Å². The number of alkyl halides is 2. The maximum absolute atomic E-state index is 12.8. The molecule has 0 fully saturated rings. The summed E-state index contributed by atoms with van der Waals surface area (Å²) in [5, 5.41) is 2.43. The van der Waals surface area contributed by atoms with Crippen molar-refractivity contribution >= 4 is 41.1 Å². The number of hydrogen-bond donors (Lipinski definition) is 1. The Hall–Kier alpha value is -4.05. The topological polar surface area (TPSA) is 92.8 Å². The summed E-state index contributed by atoms with van der Waals surface area (Å²) in [6.07, 6.45) is 0. The van der Waals surface area contributed by atoms with E-state index in [0.29, 0.717) is 0 Å². The number of benzene rings is 3. The molecule has 0 aliphatic carbocycles. The van der Waals surface area contributed by atoms with E-state index < -0.39 is 36.1 Å². The summed E-state index contributed by atoms with van der Waals surface area (Å²) in [5.41, 5.74) is 1.18. The number of para-hydroxylation sites is 1. The lowest BCUT2D eigenvalue weighted by atomic mass is 10.1. The average Bonchev–Trinajstić information content (AvgIpc) is 3.08. The van der Waals surface area contributed by atoms with Gasteiger partial charge in [0.15, 0.2) is 6.61 Å². The van der Waals surface area contributed by atoms with Crippen LogP contribution in [0.2, 0.25) is 0 Å². The van der Waals surface area contributed by atoms with Crippen molar-refractivity contribution in [3.63, 3.8) is 0 Å². The van der Waals surface area contributed by atoms with E-state index in [9.17, 15) is 28.0 Å². The van der Waals surface area contributed by atoms with Gasteiger partial charge >= 0.3 is 5.97 Å². The van der Waals surface area contributed by atoms with Crippen LogP contribution in [-0.2, 0) is 16.1 Å². The Bertz CT molecular complexity index is 1300. The normalized spacial score (nSPS) is 12.6. The van der Waals surface area contributed by atoms with Gasteiger partial charge in [-0.25, -0.2) is 4.79 Å². The van der Waals surface area contributed by atoms with Crippen molar-refractivity contribution < 1.29 is 32.7 Å². The molecule has 0 unspecified atom stereocenters. The number of hydrogen-bond acceptors (Lipinski definition) is 6. The standard InChI is InChI=1S/C25H18F2N2O5S/c26-25(27)35-20-9-5-4-8-19(20)28-21(30)14-34-24(33)16-10-11-17-18(12-16)23(32)29(22(17)31)13-15-6-2-1-3-7-15/h1-12,25H,13-14H2,(H,28,30). The lowest BCUT2D eigenvalue weighted by Gasteiger charge is -2.13. The SMILES string of the molecule is O=C(COC(=O)c1ccc2c(c1)C(=O)N(Cc1ccccc1)C2=O)Nc1ccccc1SC(F)F. The number of nitrogens with zero attached hydrogens (tertiary/aromatic N) is 1. The Kier molecular flexibility index (Phi) is 7.21. The number of fused-ring (bicyclic) bond motifs is 1. The zero-order valence-corrected chi connectivity index (χ0v) is 18.9. The van der Waals surface area contributed by atoms with Crippen LogP contribution in [0, 0.1) is 0 Å². The molecule has 0 bridgehead atoms. The van der Waals surface area contributed by atoms with E-state index in [2.05, 4.69) is 5.32 Å². The lowest BCUT2D eigenvalue weighted by Crippen LogP contribution is -2.29. The highest BCUT2D eigenvalue weighted by Crippen LogP contribution is 2.31. The molecular formula is C25H18F2N2O5S. The highest BCUT2D eigenvalue weighted by Gasteiger charge is 2.36. The minimum absolute atomic E-state index is 0.00656. The Morgan fingerprint density at radius 2 is 1.60 bits per heavy atom. The molecule has 3 amide bonds. The number of carbonyl (C=O) groups is 4. The summed E-state index contributed by atoms with van der Waals surface area (Å²) >= 11 is 0.281. The second kappa shape index (κ2) is 10.5. The Labute approximate surface area is 203 Å². The first kappa shape index (κ1) is 24.1. The molecule has 0 saturated carbocycles. The number of halogens is 2. The van der Waals surface area contributed by atoms with E-state index in [1.54, 1.807) is 36.4 Å². The van der Waals surface area contributed by atoms with Crippen LogP contribution < -0.4 is 5.32 Å². The molecular weight excluding hydrogens is 478 g/mol. The predicted octanol–water partition coefficient (Wildman–Crippen LogP) is 4.59. The quantitative estimate of drug-likeness (QED) is 0.279. The summed E-state index contributed by atoms with van der Waals surface area (Å²) in [6, 6.07) is 19.0. The Morgan fingerprint density at radius 1 is 0.914 bits per heavy atom. The number of anilines is 1. The molecule has 0 radical (unpaired) electrons. The third-order valence-electron chi connectivity index (χ3n) is 5.10. The fourth-order valence-corrected chi connectivity index (χ4v) is 4.09. The molecule has 1 heterocycles. The second-order valence-corrected chi connectivity index (χ2v) is 8.47. The van der Waals surface area contributed by atoms with Gasteiger partial charge in [0.25, 0.3) is 23.5 Å². The van der Waals surface area contributed by atoms with Gasteiger partial charge in [-0.15, -0.1) is 0 Å². The van der Waals surface area contributed by atoms with Crippen molar-refractivity contribution in [2.24, 2.45) is 0 Å². The van der Waals surface area contributed by atoms with Crippen LogP contribution in [-0.4, -0.2) is 41.0 Å². The van der Waals surface area contributed by atoms with E-state index in [-0.39, 0.29) is 45.6 Å². The minimum atomic E-state index is -2.66. The average molecular weight is 496 g/mol. The predicted molar refractivity (Wildman–Crippen MR) is 124 cm³/mol. The van der Waals surface area contributed by atoms with Crippen LogP contribution in [0.4, 0.5) is 14.5 Å². The first-order valence-electron chi connectivity index (χ1n) is 10.4. The number of nitrogens with one attached hydrogen (secondary N) is 1. The van der Waals surface area contributed by atoms with Crippen molar-refractivity contribution in [2.45, 2.75) is 17.2 Å². The Morgan fingerprint density at radius 3 is 2.34 bits per heavy atom. The number of imide groups is 1. The molecule has 178 valence electrons. The molecule has 7 nitrogen and oxygen atoms in total. The third-order valence-corrected chi connectivity index (χ3v) is 5.89. The fraction of sp³-hybridized carbons (Fsp3) is 0.120. The van der Waals surface area contributed by atoms with Gasteiger partial charge in [-0.2, -0.15) is 8.78 Å². The summed E-state index contributed by atoms with van der Waals surface area (Å²) in [7, 11) is 0. The second-order valence-electron chi connectivity index (χ2n) is 7.44. The third kappa shape index (κ3) is 5.55. The highest BCUT2D eigenvalue weighted by atomic mass is 32.2. The molecule has 1 aliphatic rings. The molecule has 3 aromatic rings. The molecule has 35 heavy (non-hydrogen) atoms. The number of amides is 3. The van der Waals surface area contributed by atoms with Crippen LogP contribution in [0.5, 0.6) is 0 Å². The number of ether oxygens (including phenoxy) is 1. The molecule has 3 aromatic carbocycles. The van der Waals surface area contributed by atoms with Gasteiger partial charge in [0.2, 0.25) is 0 Å². The zero-order valence-electron chi connectivity index (χ0n) is 18.1. The summed E-state index contributed by atoms with van der Waals surface area (Å²) in [6.45, 7) is -0.574. The van der Waals surface area contributed by atoms with Gasteiger partial charge in [-0.05, 0) is 35.9 Å². The van der Waals surface area contributed by atoms with E-state index >= 15 is 0 Å². The molecule has 10 heteroatoms. The fourth-order valence-electron chi connectivity index (χ4n) is 3.50. The number of thioether (sulfide) groups is 1. The van der Waals surface area contributed by atoms with E-state index in [1.165, 1.54) is 30.3 Å². The molecule has 0 saturated heterocycles. The summed E-state index contributed by atoms with van der Waals surface area (Å²) < 4.78 is 30.4. The van der Waals surface area contributed by atoms with Crippen LogP contribution in [0.1, 0.15) is 36.6 Å². The first-order valence-corrected chi connectivity index (χ1v) is 11.3. The van der Waals surface area contributed by atoms with Gasteiger partial charge < -0.3 is 10.1 Å². The van der Waals surface area contributed by atoms with Crippen LogP contribution >= 0.6 is 11.8 Å². The number of rotatable bonds is 8. The number of carbonyl (C=O) groups excluding carboxylic acids is 4. The minimum Gasteiger partial charge on any atom is -0.452 e. The van der Waals surface area contributed by atoms with Gasteiger partial charge in [-0.1, -0.05) is 54.2 Å². The largest absolute Gasteiger partial charge is 0.452 e. The van der Waals surface area contributed by atoms with Crippen LogP contribution in [0.25, 0.3) is 0 Å². The van der Waals surface area contributed by atoms with Gasteiger partial charge in [0.05, 0.1) is 28.9 Å². The van der Waals surface area contributed by atoms with Crippen molar-refractivity contribution in [2.75, 3.05) is 11.9 Å². The van der Waals surface area contributed by atoms with Crippen LogP contribution in [0.3, 0.4) is 0 Å². The highest BCUT2D eigenvalue weighted by molar-refractivity contribution is 7.99. The zero-order chi connectivity index (χ0) is 24.9. The van der Waals surface area contributed by atoms with Gasteiger partial charge in [0, 0.05) is 4.90 Å². The summed E-state index contributed by atoms with van der Waals surface area (Å²) in [4.78, 5) is 51.4. The molecule has 0 atom stereocenters. The number of esters is 1.